The van der Waals surface area contributed by atoms with E-state index in [9.17, 15) is 10.2 Å². The zero-order chi connectivity index (χ0) is 19.0. The summed E-state index contributed by atoms with van der Waals surface area (Å²) in [6.45, 7) is 8.05. The fraction of sp³-hybridized carbons (Fsp3) is 1.00. The molecule has 5 aliphatic rings. The number of rotatable bonds is 1. The minimum Gasteiger partial charge on any atom is -0.396 e. The fourth-order valence-electron chi connectivity index (χ4n) is 10.2. The highest BCUT2D eigenvalue weighted by atomic mass is 16.3. The van der Waals surface area contributed by atoms with E-state index in [0.717, 1.165) is 36.0 Å². The van der Waals surface area contributed by atoms with Crippen molar-refractivity contribution < 1.29 is 10.2 Å². The summed E-state index contributed by atoms with van der Waals surface area (Å²) >= 11 is 0. The van der Waals surface area contributed by atoms with Crippen LogP contribution in [0.15, 0.2) is 0 Å². The van der Waals surface area contributed by atoms with Crippen molar-refractivity contribution in [3.8, 4) is 0 Å². The van der Waals surface area contributed by atoms with Crippen LogP contribution in [-0.4, -0.2) is 22.9 Å². The number of fused-ring (bicyclic) bond motifs is 7. The standard InChI is InChI=1S/C25H42O2/c1-16-18-8-12-24(3)19-9-14-25(15-26)11-4-5-20(25)17(19)6-7-22(24)23(18,2)13-10-21(16)27/h16-22,26-27H,4-15H2,1-3H3. The van der Waals surface area contributed by atoms with E-state index in [1.54, 1.807) is 0 Å². The van der Waals surface area contributed by atoms with Crippen LogP contribution < -0.4 is 0 Å². The lowest BCUT2D eigenvalue weighted by atomic mass is 9.37. The van der Waals surface area contributed by atoms with E-state index >= 15 is 0 Å². The number of aliphatic hydroxyl groups excluding tert-OH is 2. The maximum absolute atomic E-state index is 10.5. The van der Waals surface area contributed by atoms with E-state index in [4.69, 9.17) is 0 Å². The highest BCUT2D eigenvalue weighted by Gasteiger charge is 2.64. The van der Waals surface area contributed by atoms with Crippen molar-refractivity contribution in [3.63, 3.8) is 0 Å². The normalized spacial score (nSPS) is 60.1. The first-order chi connectivity index (χ1) is 12.9. The molecule has 5 aliphatic carbocycles. The molecule has 0 aliphatic heterocycles. The first kappa shape index (κ1) is 18.9. The summed E-state index contributed by atoms with van der Waals surface area (Å²) in [4.78, 5) is 0. The third-order valence-electron chi connectivity index (χ3n) is 11.6. The molecule has 154 valence electrons. The second-order valence-corrected chi connectivity index (χ2v) is 12.1. The second kappa shape index (κ2) is 6.21. The van der Waals surface area contributed by atoms with Crippen molar-refractivity contribution in [1.82, 2.24) is 0 Å². The van der Waals surface area contributed by atoms with Crippen LogP contribution in [0.4, 0.5) is 0 Å². The molecule has 0 saturated heterocycles. The van der Waals surface area contributed by atoms with E-state index in [0.29, 0.717) is 23.4 Å². The topological polar surface area (TPSA) is 40.5 Å². The van der Waals surface area contributed by atoms with Crippen LogP contribution in [0, 0.1) is 51.8 Å². The van der Waals surface area contributed by atoms with E-state index in [2.05, 4.69) is 20.8 Å². The maximum atomic E-state index is 10.5. The summed E-state index contributed by atoms with van der Waals surface area (Å²) in [5, 5.41) is 20.8. The van der Waals surface area contributed by atoms with Gasteiger partial charge in [0.2, 0.25) is 0 Å². The molecule has 0 amide bonds. The van der Waals surface area contributed by atoms with Crippen LogP contribution in [0.25, 0.3) is 0 Å². The van der Waals surface area contributed by atoms with Crippen LogP contribution >= 0.6 is 0 Å². The van der Waals surface area contributed by atoms with E-state index in [1.165, 1.54) is 64.2 Å². The smallest absolute Gasteiger partial charge is 0.0568 e. The molecule has 27 heavy (non-hydrogen) atoms. The summed E-state index contributed by atoms with van der Waals surface area (Å²) < 4.78 is 0. The van der Waals surface area contributed by atoms with Gasteiger partial charge < -0.3 is 10.2 Å². The Morgan fingerprint density at radius 3 is 2.26 bits per heavy atom. The fourth-order valence-corrected chi connectivity index (χ4v) is 10.2. The largest absolute Gasteiger partial charge is 0.396 e. The molecule has 0 heterocycles. The molecular weight excluding hydrogens is 332 g/mol. The molecule has 2 heteroatoms. The Bertz CT molecular complexity index is 589. The Morgan fingerprint density at radius 2 is 1.48 bits per heavy atom. The van der Waals surface area contributed by atoms with Crippen molar-refractivity contribution in [2.24, 2.45) is 51.8 Å². The molecule has 5 saturated carbocycles. The Morgan fingerprint density at radius 1 is 0.778 bits per heavy atom. The van der Waals surface area contributed by atoms with Crippen LogP contribution in [-0.2, 0) is 0 Å². The predicted molar refractivity (Wildman–Crippen MR) is 109 cm³/mol. The second-order valence-electron chi connectivity index (χ2n) is 12.1. The van der Waals surface area contributed by atoms with Crippen molar-refractivity contribution in [2.45, 2.75) is 97.5 Å². The van der Waals surface area contributed by atoms with Crippen LogP contribution in [0.5, 0.6) is 0 Å². The maximum Gasteiger partial charge on any atom is 0.0568 e. The molecule has 0 radical (unpaired) electrons. The van der Waals surface area contributed by atoms with E-state index in [-0.39, 0.29) is 11.5 Å². The van der Waals surface area contributed by atoms with Gasteiger partial charge in [-0.25, -0.2) is 0 Å². The SMILES string of the molecule is CC1C(O)CCC2(C)C1CCC1(C)C3CCC4(CO)CCCC4C3CCC21. The summed E-state index contributed by atoms with van der Waals surface area (Å²) in [6, 6.07) is 0. The molecule has 5 fully saturated rings. The lowest BCUT2D eigenvalue weighted by molar-refractivity contribution is -0.197. The molecule has 2 nitrogen and oxygen atoms in total. The Kier molecular flexibility index (Phi) is 4.35. The van der Waals surface area contributed by atoms with Gasteiger partial charge in [-0.2, -0.15) is 0 Å². The summed E-state index contributed by atoms with van der Waals surface area (Å²) in [7, 11) is 0. The van der Waals surface area contributed by atoms with Gasteiger partial charge in [-0.15, -0.1) is 0 Å². The van der Waals surface area contributed by atoms with Crippen LogP contribution in [0.2, 0.25) is 0 Å². The molecule has 0 aromatic heterocycles. The molecular formula is C25H42O2. The first-order valence-corrected chi connectivity index (χ1v) is 12.1. The van der Waals surface area contributed by atoms with Gasteiger partial charge in [0.25, 0.3) is 0 Å². The number of hydrogen-bond acceptors (Lipinski definition) is 2. The van der Waals surface area contributed by atoms with Gasteiger partial charge in [0.1, 0.15) is 0 Å². The number of aliphatic hydroxyl groups is 2. The highest BCUT2D eigenvalue weighted by molar-refractivity contribution is 5.13. The Hall–Kier alpha value is -0.0800. The monoisotopic (exact) mass is 374 g/mol. The summed E-state index contributed by atoms with van der Waals surface area (Å²) in [5.41, 5.74) is 1.23. The third-order valence-corrected chi connectivity index (χ3v) is 11.6. The van der Waals surface area contributed by atoms with Crippen molar-refractivity contribution in [2.75, 3.05) is 6.61 Å². The number of hydrogen-bond donors (Lipinski definition) is 2. The van der Waals surface area contributed by atoms with Gasteiger partial charge in [-0.1, -0.05) is 27.2 Å². The molecule has 0 aromatic rings. The van der Waals surface area contributed by atoms with Gasteiger partial charge in [0.15, 0.2) is 0 Å². The third kappa shape index (κ3) is 2.38. The van der Waals surface area contributed by atoms with Crippen LogP contribution in [0.1, 0.15) is 91.4 Å². The molecule has 10 atom stereocenters. The molecule has 0 bridgehead atoms. The van der Waals surface area contributed by atoms with Gasteiger partial charge in [-0.05, 0) is 116 Å². The zero-order valence-electron chi connectivity index (χ0n) is 17.9. The zero-order valence-corrected chi connectivity index (χ0v) is 17.9. The van der Waals surface area contributed by atoms with Gasteiger partial charge in [0, 0.05) is 6.61 Å². The van der Waals surface area contributed by atoms with Gasteiger partial charge >= 0.3 is 0 Å². The highest BCUT2D eigenvalue weighted by Crippen LogP contribution is 2.71. The molecule has 0 spiro atoms. The lowest BCUT2D eigenvalue weighted by Crippen LogP contribution is -2.61. The van der Waals surface area contributed by atoms with Gasteiger partial charge in [0.05, 0.1) is 6.10 Å². The Balaban J connectivity index is 1.46. The van der Waals surface area contributed by atoms with Gasteiger partial charge in [-0.3, -0.25) is 0 Å². The molecule has 0 aromatic carbocycles. The average molecular weight is 375 g/mol. The van der Waals surface area contributed by atoms with E-state index in [1.807, 2.05) is 0 Å². The molecule has 2 N–H and O–H groups in total. The van der Waals surface area contributed by atoms with Crippen molar-refractivity contribution in [1.29, 1.82) is 0 Å². The first-order valence-electron chi connectivity index (χ1n) is 12.1. The summed E-state index contributed by atoms with van der Waals surface area (Å²) in [5.74, 6) is 4.62. The minimum absolute atomic E-state index is 0.0675. The van der Waals surface area contributed by atoms with Crippen LogP contribution in [0.3, 0.4) is 0 Å². The average Bonchev–Trinajstić information content (AvgIpc) is 3.10. The van der Waals surface area contributed by atoms with E-state index < -0.39 is 0 Å². The van der Waals surface area contributed by atoms with Crippen molar-refractivity contribution >= 4 is 0 Å². The minimum atomic E-state index is -0.0675. The summed E-state index contributed by atoms with van der Waals surface area (Å²) in [6.07, 6.45) is 14.4. The van der Waals surface area contributed by atoms with Crippen molar-refractivity contribution in [3.05, 3.63) is 0 Å². The molecule has 10 unspecified atom stereocenters. The quantitative estimate of drug-likeness (QED) is 0.644. The lowest BCUT2D eigenvalue weighted by Gasteiger charge is -2.67. The predicted octanol–water partition coefficient (Wildman–Crippen LogP) is 5.41. The Labute approximate surface area is 166 Å². The molecule has 5 rings (SSSR count).